The molecule has 0 aromatic heterocycles. The molecular weight excluding hydrogens is 571 g/mol. The number of nitrogens with one attached hydrogen (secondary N) is 1. The minimum absolute atomic E-state index is 0.0676. The minimum Gasteiger partial charge on any atom is -0.337 e. The van der Waals surface area contributed by atoms with Crippen molar-refractivity contribution in [3.05, 3.63) is 52.8 Å². The number of likely N-dealkylation sites (tertiary alicyclic amines) is 1. The average Bonchev–Trinajstić information content (AvgIpc) is 3.48. The highest BCUT2D eigenvalue weighted by molar-refractivity contribution is 6.30. The Kier molecular flexibility index (Phi) is 8.73. The molecule has 0 saturated carbocycles. The lowest BCUT2D eigenvalue weighted by Gasteiger charge is -2.43. The molecule has 2 aromatic carbocycles. The van der Waals surface area contributed by atoms with Gasteiger partial charge in [0.1, 0.15) is 11.9 Å². The predicted molar refractivity (Wildman–Crippen MR) is 165 cm³/mol. The molecule has 0 aliphatic carbocycles. The maximum Gasteiger partial charge on any atom is 0.256 e. The van der Waals surface area contributed by atoms with E-state index in [4.69, 9.17) is 11.6 Å². The Morgan fingerprint density at radius 2 is 1.81 bits per heavy atom. The Balaban J connectivity index is 1.29. The highest BCUT2D eigenvalue weighted by Crippen LogP contribution is 2.35. The van der Waals surface area contributed by atoms with Crippen LogP contribution in [0.1, 0.15) is 36.0 Å². The van der Waals surface area contributed by atoms with E-state index in [1.54, 1.807) is 40.1 Å². The van der Waals surface area contributed by atoms with Crippen LogP contribution in [0.4, 0.5) is 10.1 Å². The number of hydrogen-bond acceptors (Lipinski definition) is 6. The van der Waals surface area contributed by atoms with Gasteiger partial charge in [0.05, 0.1) is 23.8 Å². The van der Waals surface area contributed by atoms with E-state index in [1.807, 2.05) is 23.9 Å². The van der Waals surface area contributed by atoms with E-state index < -0.39 is 11.9 Å². The lowest BCUT2D eigenvalue weighted by Crippen LogP contribution is -2.63. The van der Waals surface area contributed by atoms with Gasteiger partial charge >= 0.3 is 0 Å². The van der Waals surface area contributed by atoms with Crippen molar-refractivity contribution in [2.24, 2.45) is 0 Å². The van der Waals surface area contributed by atoms with E-state index in [-0.39, 0.29) is 36.9 Å². The molecule has 3 fully saturated rings. The van der Waals surface area contributed by atoms with Gasteiger partial charge in [-0.3, -0.25) is 19.3 Å². The van der Waals surface area contributed by atoms with Crippen molar-refractivity contribution in [3.8, 4) is 11.1 Å². The van der Waals surface area contributed by atoms with Crippen molar-refractivity contribution in [3.63, 3.8) is 0 Å². The summed E-state index contributed by atoms with van der Waals surface area (Å²) in [6.45, 7) is 4.65. The molecule has 4 aliphatic heterocycles. The third kappa shape index (κ3) is 5.90. The second kappa shape index (κ2) is 12.5. The van der Waals surface area contributed by atoms with Crippen molar-refractivity contribution in [2.45, 2.75) is 43.8 Å². The molecule has 6 rings (SSSR count). The van der Waals surface area contributed by atoms with E-state index >= 15 is 0 Å². The van der Waals surface area contributed by atoms with Crippen LogP contribution in [0.5, 0.6) is 0 Å². The first-order chi connectivity index (χ1) is 20.7. The number of piperazine rings is 1. The Bertz CT molecular complexity index is 1400. The van der Waals surface area contributed by atoms with E-state index in [9.17, 15) is 18.8 Å². The number of rotatable bonds is 6. The van der Waals surface area contributed by atoms with Gasteiger partial charge in [0.2, 0.25) is 5.91 Å². The monoisotopic (exact) mass is 610 g/mol. The third-order valence-electron chi connectivity index (χ3n) is 9.39. The molecule has 230 valence electrons. The van der Waals surface area contributed by atoms with Gasteiger partial charge < -0.3 is 24.9 Å². The third-order valence-corrected chi connectivity index (χ3v) is 9.63. The van der Waals surface area contributed by atoms with Gasteiger partial charge in [0.25, 0.3) is 11.8 Å². The lowest BCUT2D eigenvalue weighted by atomic mass is 10.00. The van der Waals surface area contributed by atoms with Crippen LogP contribution in [-0.2, 0) is 9.59 Å². The molecule has 43 heavy (non-hydrogen) atoms. The van der Waals surface area contributed by atoms with Gasteiger partial charge in [-0.15, -0.1) is 0 Å². The van der Waals surface area contributed by atoms with E-state index in [0.29, 0.717) is 53.1 Å². The molecule has 11 heteroatoms. The fourth-order valence-electron chi connectivity index (χ4n) is 7.10. The average molecular weight is 611 g/mol. The summed E-state index contributed by atoms with van der Waals surface area (Å²) in [5.41, 5.74) is 1.73. The summed E-state index contributed by atoms with van der Waals surface area (Å²) in [5.74, 6) is -0.887. The predicted octanol–water partition coefficient (Wildman–Crippen LogP) is 2.92. The molecule has 1 N–H and O–H groups in total. The quantitative estimate of drug-likeness (QED) is 0.542. The molecule has 4 aliphatic rings. The maximum absolute atomic E-state index is 14.9. The van der Waals surface area contributed by atoms with Crippen LogP contribution in [-0.4, -0.2) is 122 Å². The molecule has 2 unspecified atom stereocenters. The summed E-state index contributed by atoms with van der Waals surface area (Å²) in [4.78, 5) is 51.8. The molecule has 9 nitrogen and oxygen atoms in total. The SMILES string of the molecule is CN(C)CCN1C(=O)C2CN(C(=O)C3CCCN3C3CCNCC3)CCN2C(=O)c2cc(-c3ccc(Cl)cc3F)ccc21. The number of amides is 3. The summed E-state index contributed by atoms with van der Waals surface area (Å²) >= 11 is 5.98. The fraction of sp³-hybridized carbons (Fsp3) is 0.531. The van der Waals surface area contributed by atoms with Crippen molar-refractivity contribution >= 4 is 35.0 Å². The van der Waals surface area contributed by atoms with E-state index in [1.165, 1.54) is 6.07 Å². The molecule has 4 heterocycles. The second-order valence-corrected chi connectivity index (χ2v) is 12.8. The number of carbonyl (C=O) groups excluding carboxylic acids is 3. The first-order valence-corrected chi connectivity index (χ1v) is 15.7. The summed E-state index contributed by atoms with van der Waals surface area (Å²) in [7, 11) is 3.87. The van der Waals surface area contributed by atoms with Gasteiger partial charge in [-0.05, 0) is 95.3 Å². The Morgan fingerprint density at radius 3 is 2.56 bits per heavy atom. The number of nitrogens with zero attached hydrogens (tertiary/aromatic N) is 5. The number of piperidine rings is 1. The van der Waals surface area contributed by atoms with Gasteiger partial charge in [0.15, 0.2) is 0 Å². The summed E-state index contributed by atoms with van der Waals surface area (Å²) in [6.07, 6.45) is 3.89. The zero-order valence-corrected chi connectivity index (χ0v) is 25.7. The van der Waals surface area contributed by atoms with Crippen LogP contribution >= 0.6 is 11.6 Å². The molecule has 3 amide bonds. The summed E-state index contributed by atoms with van der Waals surface area (Å²) in [6, 6.07) is 9.05. The largest absolute Gasteiger partial charge is 0.337 e. The van der Waals surface area contributed by atoms with Crippen molar-refractivity contribution in [2.75, 3.05) is 71.4 Å². The number of hydrogen-bond donors (Lipinski definition) is 1. The Labute approximate surface area is 257 Å². The van der Waals surface area contributed by atoms with Crippen LogP contribution in [0, 0.1) is 5.82 Å². The van der Waals surface area contributed by atoms with Crippen LogP contribution in [0.25, 0.3) is 11.1 Å². The summed E-state index contributed by atoms with van der Waals surface area (Å²) in [5, 5.41) is 3.70. The van der Waals surface area contributed by atoms with Gasteiger partial charge in [-0.1, -0.05) is 17.7 Å². The second-order valence-electron chi connectivity index (χ2n) is 12.3. The van der Waals surface area contributed by atoms with Crippen LogP contribution in [0.2, 0.25) is 5.02 Å². The van der Waals surface area contributed by atoms with Gasteiger partial charge in [0, 0.05) is 42.8 Å². The number of carbonyl (C=O) groups is 3. The van der Waals surface area contributed by atoms with Crippen LogP contribution < -0.4 is 10.2 Å². The molecular formula is C32H40ClFN6O3. The number of anilines is 1. The Hall–Kier alpha value is -3.05. The topological polar surface area (TPSA) is 79.4 Å². The van der Waals surface area contributed by atoms with Crippen LogP contribution in [0.15, 0.2) is 36.4 Å². The van der Waals surface area contributed by atoms with Crippen molar-refractivity contribution in [1.82, 2.24) is 24.9 Å². The smallest absolute Gasteiger partial charge is 0.256 e. The lowest BCUT2D eigenvalue weighted by molar-refractivity contribution is -0.141. The summed E-state index contributed by atoms with van der Waals surface area (Å²) < 4.78 is 14.9. The van der Waals surface area contributed by atoms with Gasteiger partial charge in [-0.25, -0.2) is 4.39 Å². The Morgan fingerprint density at radius 1 is 1.02 bits per heavy atom. The van der Waals surface area contributed by atoms with Crippen LogP contribution in [0.3, 0.4) is 0 Å². The van der Waals surface area contributed by atoms with Gasteiger partial charge in [-0.2, -0.15) is 0 Å². The fourth-order valence-corrected chi connectivity index (χ4v) is 7.25. The molecule has 0 spiro atoms. The standard InChI is InChI=1S/C32H40ClFN6O3/c1-36(2)14-16-39-27-8-5-21(24-7-6-22(33)19-26(24)34)18-25(27)30(41)40-17-15-37(20-29(40)32(39)43)31(42)28-4-3-13-38(28)23-9-11-35-12-10-23/h5-8,18-19,23,28-29,35H,3-4,9-17,20H2,1-2H3. The molecule has 0 bridgehead atoms. The number of likely N-dealkylation sites (N-methyl/N-ethyl adjacent to an activating group) is 1. The zero-order valence-electron chi connectivity index (χ0n) is 24.9. The highest BCUT2D eigenvalue weighted by Gasteiger charge is 2.46. The zero-order chi connectivity index (χ0) is 30.2. The first kappa shape index (κ1) is 30.0. The number of benzene rings is 2. The first-order valence-electron chi connectivity index (χ1n) is 15.3. The maximum atomic E-state index is 14.9. The number of halogens is 2. The highest BCUT2D eigenvalue weighted by atomic mass is 35.5. The molecule has 3 saturated heterocycles. The number of fused-ring (bicyclic) bond motifs is 2. The van der Waals surface area contributed by atoms with E-state index in [2.05, 4.69) is 10.2 Å². The molecule has 2 aromatic rings. The molecule has 0 radical (unpaired) electrons. The van der Waals surface area contributed by atoms with Crippen molar-refractivity contribution < 1.29 is 18.8 Å². The molecule has 2 atom stereocenters. The normalized spacial score (nSPS) is 23.5. The van der Waals surface area contributed by atoms with Crippen molar-refractivity contribution in [1.29, 1.82) is 0 Å². The van der Waals surface area contributed by atoms with E-state index in [0.717, 1.165) is 45.3 Å². The minimum atomic E-state index is -0.788.